The Morgan fingerprint density at radius 3 is 2.56 bits per heavy atom. The molecule has 8 heteroatoms. The number of aromatic nitrogens is 3. The third-order valence-corrected chi connectivity index (χ3v) is 3.07. The maximum absolute atomic E-state index is 12.5. The third kappa shape index (κ3) is 2.58. The molecule has 0 aliphatic carbocycles. The Hall–Kier alpha value is -1.70. The van der Waals surface area contributed by atoms with E-state index < -0.39 is 11.2 Å². The monoisotopic (exact) mass is 274 g/mol. The molecule has 0 fully saturated rings. The number of nitrogens with zero attached hydrogens (tertiary/aromatic N) is 3. The van der Waals surface area contributed by atoms with Crippen LogP contribution in [-0.2, 0) is 6.18 Å². The standard InChI is InChI=1S/C10H9F3N4S/c1-2-14-8-7(15-3-4-16-8)6-5-17-9(18-6)10(11,12)13/h3-5H,2H2,1H3,(H,14,16). The number of hydrogen-bond acceptors (Lipinski definition) is 5. The van der Waals surface area contributed by atoms with Crippen LogP contribution in [0.3, 0.4) is 0 Å². The lowest BCUT2D eigenvalue weighted by molar-refractivity contribution is -0.137. The molecule has 96 valence electrons. The first kappa shape index (κ1) is 12.7. The Balaban J connectivity index is 2.40. The first-order valence-corrected chi connectivity index (χ1v) is 5.92. The molecule has 2 aromatic heterocycles. The van der Waals surface area contributed by atoms with Crippen LogP contribution in [0, 0.1) is 0 Å². The van der Waals surface area contributed by atoms with Gasteiger partial charge in [-0.25, -0.2) is 15.0 Å². The zero-order chi connectivity index (χ0) is 13.2. The van der Waals surface area contributed by atoms with Gasteiger partial charge in [0.2, 0.25) is 0 Å². The van der Waals surface area contributed by atoms with Gasteiger partial charge in [0.05, 0.1) is 4.88 Å². The highest BCUT2D eigenvalue weighted by Gasteiger charge is 2.35. The molecule has 0 aromatic carbocycles. The molecule has 4 nitrogen and oxygen atoms in total. The van der Waals surface area contributed by atoms with Crippen LogP contribution in [0.1, 0.15) is 11.9 Å². The second-order valence-electron chi connectivity index (χ2n) is 3.31. The van der Waals surface area contributed by atoms with Gasteiger partial charge in [0.25, 0.3) is 0 Å². The van der Waals surface area contributed by atoms with Gasteiger partial charge in [0, 0.05) is 25.1 Å². The minimum Gasteiger partial charge on any atom is -0.369 e. The number of anilines is 1. The zero-order valence-electron chi connectivity index (χ0n) is 9.32. The van der Waals surface area contributed by atoms with Crippen molar-refractivity contribution in [3.8, 4) is 10.6 Å². The van der Waals surface area contributed by atoms with Crippen molar-refractivity contribution < 1.29 is 13.2 Å². The number of hydrogen-bond donors (Lipinski definition) is 1. The summed E-state index contributed by atoms with van der Waals surface area (Å²) in [5, 5.41) is 2.06. The molecular formula is C10H9F3N4S. The second kappa shape index (κ2) is 4.89. The van der Waals surface area contributed by atoms with E-state index in [-0.39, 0.29) is 0 Å². The summed E-state index contributed by atoms with van der Waals surface area (Å²) in [4.78, 5) is 11.8. The zero-order valence-corrected chi connectivity index (χ0v) is 10.1. The predicted molar refractivity (Wildman–Crippen MR) is 62.3 cm³/mol. The smallest absolute Gasteiger partial charge is 0.369 e. The summed E-state index contributed by atoms with van der Waals surface area (Å²) in [6.45, 7) is 2.48. The van der Waals surface area contributed by atoms with E-state index in [1.807, 2.05) is 6.92 Å². The van der Waals surface area contributed by atoms with E-state index in [9.17, 15) is 13.2 Å². The van der Waals surface area contributed by atoms with Crippen molar-refractivity contribution in [1.82, 2.24) is 15.0 Å². The molecule has 0 aliphatic heterocycles. The number of nitrogens with one attached hydrogen (secondary N) is 1. The summed E-state index contributed by atoms with van der Waals surface area (Å²) in [7, 11) is 0. The van der Waals surface area contributed by atoms with Crippen LogP contribution in [-0.4, -0.2) is 21.5 Å². The minimum absolute atomic E-state index is 0.339. The predicted octanol–water partition coefficient (Wildman–Crippen LogP) is 3.05. The Bertz CT molecular complexity index is 538. The SMILES string of the molecule is CCNc1nccnc1-c1cnc(C(F)(F)F)s1. The van der Waals surface area contributed by atoms with Crippen LogP contribution < -0.4 is 5.32 Å². The van der Waals surface area contributed by atoms with Crippen LogP contribution in [0.15, 0.2) is 18.6 Å². The van der Waals surface area contributed by atoms with Crippen molar-refractivity contribution in [3.05, 3.63) is 23.6 Å². The molecule has 0 atom stereocenters. The Morgan fingerprint density at radius 1 is 1.22 bits per heavy atom. The Morgan fingerprint density at radius 2 is 1.94 bits per heavy atom. The van der Waals surface area contributed by atoms with Crippen LogP contribution in [0.5, 0.6) is 0 Å². The van der Waals surface area contributed by atoms with Gasteiger partial charge in [-0.2, -0.15) is 13.2 Å². The summed E-state index contributed by atoms with van der Waals surface area (Å²) in [6, 6.07) is 0. The topological polar surface area (TPSA) is 50.7 Å². The van der Waals surface area contributed by atoms with E-state index in [0.717, 1.165) is 0 Å². The van der Waals surface area contributed by atoms with Crippen LogP contribution in [0.4, 0.5) is 19.0 Å². The summed E-state index contributed by atoms with van der Waals surface area (Å²) in [5.41, 5.74) is 0.382. The van der Waals surface area contributed by atoms with Crippen molar-refractivity contribution in [3.63, 3.8) is 0 Å². The van der Waals surface area contributed by atoms with Gasteiger partial charge in [0.15, 0.2) is 10.8 Å². The molecule has 0 saturated heterocycles. The van der Waals surface area contributed by atoms with Gasteiger partial charge >= 0.3 is 6.18 Å². The Labute approximate surface area is 105 Å². The highest BCUT2D eigenvalue weighted by atomic mass is 32.1. The molecule has 0 spiro atoms. The molecule has 18 heavy (non-hydrogen) atoms. The highest BCUT2D eigenvalue weighted by Crippen LogP contribution is 2.37. The minimum atomic E-state index is -4.43. The first-order chi connectivity index (χ1) is 8.52. The van der Waals surface area contributed by atoms with Crippen molar-refractivity contribution in [2.45, 2.75) is 13.1 Å². The molecule has 0 radical (unpaired) electrons. The molecule has 0 bridgehead atoms. The van der Waals surface area contributed by atoms with E-state index in [0.29, 0.717) is 34.3 Å². The van der Waals surface area contributed by atoms with Crippen molar-refractivity contribution in [2.75, 3.05) is 11.9 Å². The maximum atomic E-state index is 12.5. The molecule has 0 aliphatic rings. The molecule has 2 aromatic rings. The van der Waals surface area contributed by atoms with Crippen LogP contribution in [0.25, 0.3) is 10.6 Å². The van der Waals surface area contributed by atoms with Gasteiger partial charge in [0.1, 0.15) is 5.69 Å². The number of thiazole rings is 1. The van der Waals surface area contributed by atoms with Crippen molar-refractivity contribution in [1.29, 1.82) is 0 Å². The van der Waals surface area contributed by atoms with E-state index in [1.165, 1.54) is 18.6 Å². The lowest BCUT2D eigenvalue weighted by atomic mass is 10.3. The average Bonchev–Trinajstić information content (AvgIpc) is 2.79. The normalized spacial score (nSPS) is 11.6. The lowest BCUT2D eigenvalue weighted by Crippen LogP contribution is -2.03. The second-order valence-corrected chi connectivity index (χ2v) is 4.34. The largest absolute Gasteiger partial charge is 0.443 e. The number of halogens is 3. The lowest BCUT2D eigenvalue weighted by Gasteiger charge is -2.05. The van der Waals surface area contributed by atoms with Crippen molar-refractivity contribution >= 4 is 17.2 Å². The molecule has 2 heterocycles. The molecule has 2 rings (SSSR count). The third-order valence-electron chi connectivity index (χ3n) is 2.02. The number of alkyl halides is 3. The average molecular weight is 274 g/mol. The molecule has 0 amide bonds. The van der Waals surface area contributed by atoms with E-state index in [2.05, 4.69) is 20.3 Å². The maximum Gasteiger partial charge on any atom is 0.443 e. The van der Waals surface area contributed by atoms with Gasteiger partial charge in [-0.05, 0) is 6.92 Å². The summed E-state index contributed by atoms with van der Waals surface area (Å²) in [5.74, 6) is 0.456. The van der Waals surface area contributed by atoms with Gasteiger partial charge in [-0.3, -0.25) is 0 Å². The molecule has 1 N–H and O–H groups in total. The Kier molecular flexibility index (Phi) is 3.46. The van der Waals surface area contributed by atoms with Gasteiger partial charge in [-0.1, -0.05) is 0 Å². The summed E-state index contributed by atoms with van der Waals surface area (Å²) >= 11 is 0.554. The van der Waals surface area contributed by atoms with E-state index in [4.69, 9.17) is 0 Å². The van der Waals surface area contributed by atoms with E-state index in [1.54, 1.807) is 0 Å². The highest BCUT2D eigenvalue weighted by molar-refractivity contribution is 7.15. The fourth-order valence-corrected chi connectivity index (χ4v) is 2.11. The summed E-state index contributed by atoms with van der Waals surface area (Å²) in [6.07, 6.45) is -0.349. The molecular weight excluding hydrogens is 265 g/mol. The van der Waals surface area contributed by atoms with Gasteiger partial charge < -0.3 is 5.32 Å². The van der Waals surface area contributed by atoms with E-state index >= 15 is 0 Å². The van der Waals surface area contributed by atoms with Crippen LogP contribution >= 0.6 is 11.3 Å². The fourth-order valence-electron chi connectivity index (χ4n) is 1.33. The quantitative estimate of drug-likeness (QED) is 0.934. The van der Waals surface area contributed by atoms with Crippen LogP contribution in [0.2, 0.25) is 0 Å². The molecule has 0 unspecified atom stereocenters. The number of rotatable bonds is 3. The van der Waals surface area contributed by atoms with Gasteiger partial charge in [-0.15, -0.1) is 11.3 Å². The first-order valence-electron chi connectivity index (χ1n) is 5.10. The fraction of sp³-hybridized carbons (Fsp3) is 0.300. The van der Waals surface area contributed by atoms with Crippen molar-refractivity contribution in [2.24, 2.45) is 0 Å². The summed E-state index contributed by atoms with van der Waals surface area (Å²) < 4.78 is 37.4. The molecule has 0 saturated carbocycles.